The first-order chi connectivity index (χ1) is 15.9. The molecule has 4 aromatic heterocycles. The smallest absolute Gasteiger partial charge is 0.153 e. The van der Waals surface area contributed by atoms with Gasteiger partial charge in [-0.25, -0.2) is 9.97 Å². The third-order valence-electron chi connectivity index (χ3n) is 5.50. The minimum absolute atomic E-state index is 0.650. The number of fused-ring (bicyclic) bond motifs is 1. The number of hydrogen-bond acceptors (Lipinski definition) is 8. The number of aromatic nitrogens is 6. The van der Waals surface area contributed by atoms with Crippen LogP contribution in [0.5, 0.6) is 0 Å². The van der Waals surface area contributed by atoms with Crippen LogP contribution in [0.15, 0.2) is 53.3 Å². The number of aryl methyl sites for hydroxylation is 3. The Labute approximate surface area is 190 Å². The van der Waals surface area contributed by atoms with Crippen LogP contribution in [0.25, 0.3) is 28.1 Å². The molecule has 1 aromatic carbocycles. The van der Waals surface area contributed by atoms with Crippen LogP contribution in [0.2, 0.25) is 0 Å². The molecular weight excluding hydrogens is 418 g/mol. The van der Waals surface area contributed by atoms with Gasteiger partial charge in [-0.15, -0.1) is 5.10 Å². The van der Waals surface area contributed by atoms with Crippen LogP contribution in [-0.4, -0.2) is 35.0 Å². The van der Waals surface area contributed by atoms with Gasteiger partial charge in [-0.05, 0) is 64.1 Å². The fourth-order valence-electron chi connectivity index (χ4n) is 3.84. The Bertz CT molecular complexity index is 1430. The third kappa shape index (κ3) is 3.83. The Balaban J connectivity index is 1.55. The summed E-state index contributed by atoms with van der Waals surface area (Å²) in [6.07, 6.45) is 1.05. The standard InChI is InChI=1S/C24H23N7O2/c1-13-5-9-21(29-28-13)26-17-6-8-20-19(11-17)25-12-31(20)22-10-7-18(15(3)32)24(27-22)23-14(2)30-33-16(23)4/h5-12,15,32H,1-4H3,(H,26,29). The molecule has 2 N–H and O–H groups in total. The van der Waals surface area contributed by atoms with Crippen LogP contribution >= 0.6 is 0 Å². The Hall–Kier alpha value is -4.11. The zero-order chi connectivity index (χ0) is 23.1. The van der Waals surface area contributed by atoms with Crippen LogP contribution in [0.4, 0.5) is 11.5 Å². The molecule has 0 bridgehead atoms. The van der Waals surface area contributed by atoms with Crippen molar-refractivity contribution in [1.82, 2.24) is 29.9 Å². The highest BCUT2D eigenvalue weighted by Gasteiger charge is 2.20. The van der Waals surface area contributed by atoms with Crippen LogP contribution in [0.3, 0.4) is 0 Å². The van der Waals surface area contributed by atoms with Gasteiger partial charge < -0.3 is 14.9 Å². The number of rotatable bonds is 5. The summed E-state index contributed by atoms with van der Waals surface area (Å²) in [5, 5.41) is 25.8. The molecule has 4 heterocycles. The topological polar surface area (TPSA) is 115 Å². The van der Waals surface area contributed by atoms with Gasteiger partial charge in [0.15, 0.2) is 5.82 Å². The van der Waals surface area contributed by atoms with E-state index in [0.717, 1.165) is 33.7 Å². The fourth-order valence-corrected chi connectivity index (χ4v) is 3.84. The fraction of sp³-hybridized carbons (Fsp3) is 0.208. The maximum absolute atomic E-state index is 10.3. The first kappa shape index (κ1) is 20.8. The average molecular weight is 441 g/mol. The number of aliphatic hydroxyl groups excluding tert-OH is 1. The number of hydrogen-bond donors (Lipinski definition) is 2. The van der Waals surface area contributed by atoms with Crippen molar-refractivity contribution in [1.29, 1.82) is 0 Å². The summed E-state index contributed by atoms with van der Waals surface area (Å²) < 4.78 is 7.26. The van der Waals surface area contributed by atoms with E-state index in [4.69, 9.17) is 9.51 Å². The van der Waals surface area contributed by atoms with Gasteiger partial charge in [-0.3, -0.25) is 4.57 Å². The Morgan fingerprint density at radius 3 is 2.58 bits per heavy atom. The van der Waals surface area contributed by atoms with E-state index in [2.05, 4.69) is 25.7 Å². The summed E-state index contributed by atoms with van der Waals surface area (Å²) in [5.41, 5.74) is 6.31. The molecule has 0 aliphatic carbocycles. The van der Waals surface area contributed by atoms with Crippen LogP contribution in [0.1, 0.15) is 35.7 Å². The molecule has 0 radical (unpaired) electrons. The predicted octanol–water partition coefficient (Wildman–Crippen LogP) is 4.59. The Morgan fingerprint density at radius 1 is 1.03 bits per heavy atom. The first-order valence-electron chi connectivity index (χ1n) is 10.6. The van der Waals surface area contributed by atoms with Gasteiger partial charge in [-0.1, -0.05) is 11.2 Å². The van der Waals surface area contributed by atoms with E-state index in [1.54, 1.807) is 13.3 Å². The summed E-state index contributed by atoms with van der Waals surface area (Å²) in [5.74, 6) is 2.00. The minimum atomic E-state index is -0.687. The number of benzene rings is 1. The van der Waals surface area contributed by atoms with Crippen molar-refractivity contribution in [2.24, 2.45) is 0 Å². The second kappa shape index (κ2) is 8.10. The molecule has 0 fully saturated rings. The molecule has 5 rings (SSSR count). The second-order valence-electron chi connectivity index (χ2n) is 7.99. The van der Waals surface area contributed by atoms with E-state index in [1.165, 1.54) is 0 Å². The molecule has 33 heavy (non-hydrogen) atoms. The Kier molecular flexibility index (Phi) is 5.10. The van der Waals surface area contributed by atoms with Crippen molar-refractivity contribution >= 4 is 22.5 Å². The number of imidazole rings is 1. The highest BCUT2D eigenvalue weighted by Crippen LogP contribution is 2.33. The molecular formula is C24H23N7O2. The van der Waals surface area contributed by atoms with Gasteiger partial charge in [0.2, 0.25) is 0 Å². The molecule has 5 aromatic rings. The van der Waals surface area contributed by atoms with E-state index < -0.39 is 6.10 Å². The highest BCUT2D eigenvalue weighted by molar-refractivity contribution is 5.82. The molecule has 166 valence electrons. The normalized spacial score (nSPS) is 12.3. The summed E-state index contributed by atoms with van der Waals surface area (Å²) in [4.78, 5) is 9.44. The number of nitrogens with one attached hydrogen (secondary N) is 1. The second-order valence-corrected chi connectivity index (χ2v) is 7.99. The SMILES string of the molecule is Cc1ccc(Nc2ccc3c(c2)ncn3-c2ccc(C(C)O)c(-c3c(C)noc3C)n2)nn1. The van der Waals surface area contributed by atoms with Crippen molar-refractivity contribution in [2.45, 2.75) is 33.8 Å². The average Bonchev–Trinajstić information content (AvgIpc) is 3.37. The van der Waals surface area contributed by atoms with Gasteiger partial charge in [0.05, 0.1) is 39.8 Å². The van der Waals surface area contributed by atoms with Crippen molar-refractivity contribution in [2.75, 3.05) is 5.32 Å². The molecule has 0 amide bonds. The molecule has 0 saturated heterocycles. The number of anilines is 2. The van der Waals surface area contributed by atoms with E-state index >= 15 is 0 Å². The first-order valence-corrected chi connectivity index (χ1v) is 10.6. The molecule has 0 aliphatic rings. The summed E-state index contributed by atoms with van der Waals surface area (Å²) in [6.45, 7) is 7.33. The lowest BCUT2D eigenvalue weighted by molar-refractivity contribution is 0.199. The van der Waals surface area contributed by atoms with E-state index in [-0.39, 0.29) is 0 Å². The Morgan fingerprint density at radius 2 is 1.88 bits per heavy atom. The van der Waals surface area contributed by atoms with Gasteiger partial charge in [0.25, 0.3) is 0 Å². The van der Waals surface area contributed by atoms with Gasteiger partial charge in [-0.2, -0.15) is 5.10 Å². The quantitative estimate of drug-likeness (QED) is 0.407. The van der Waals surface area contributed by atoms with Crippen LogP contribution in [-0.2, 0) is 0 Å². The van der Waals surface area contributed by atoms with Crippen molar-refractivity contribution < 1.29 is 9.63 Å². The molecule has 0 aliphatic heterocycles. The van der Waals surface area contributed by atoms with Crippen LogP contribution in [0, 0.1) is 20.8 Å². The summed E-state index contributed by atoms with van der Waals surface area (Å²) in [6, 6.07) is 13.4. The molecule has 1 atom stereocenters. The lowest BCUT2D eigenvalue weighted by Crippen LogP contribution is -2.04. The van der Waals surface area contributed by atoms with Crippen molar-refractivity contribution in [3.63, 3.8) is 0 Å². The lowest BCUT2D eigenvalue weighted by atomic mass is 10.0. The van der Waals surface area contributed by atoms with Gasteiger partial charge in [0, 0.05) is 11.3 Å². The van der Waals surface area contributed by atoms with Gasteiger partial charge >= 0.3 is 0 Å². The largest absolute Gasteiger partial charge is 0.389 e. The van der Waals surface area contributed by atoms with Gasteiger partial charge in [0.1, 0.15) is 17.9 Å². The lowest BCUT2D eigenvalue weighted by Gasteiger charge is -2.14. The van der Waals surface area contributed by atoms with Crippen LogP contribution < -0.4 is 5.32 Å². The van der Waals surface area contributed by atoms with E-state index in [1.807, 2.05) is 67.8 Å². The number of nitrogens with zero attached hydrogens (tertiary/aromatic N) is 6. The van der Waals surface area contributed by atoms with Crippen molar-refractivity contribution in [3.05, 3.63) is 71.5 Å². The predicted molar refractivity (Wildman–Crippen MR) is 125 cm³/mol. The molecule has 9 heteroatoms. The monoisotopic (exact) mass is 441 g/mol. The van der Waals surface area contributed by atoms with E-state index in [9.17, 15) is 5.11 Å². The zero-order valence-corrected chi connectivity index (χ0v) is 18.7. The summed E-state index contributed by atoms with van der Waals surface area (Å²) in [7, 11) is 0. The van der Waals surface area contributed by atoms with E-state index in [0.29, 0.717) is 28.7 Å². The third-order valence-corrected chi connectivity index (χ3v) is 5.50. The summed E-state index contributed by atoms with van der Waals surface area (Å²) >= 11 is 0. The molecule has 1 unspecified atom stereocenters. The molecule has 0 saturated carbocycles. The number of pyridine rings is 1. The minimum Gasteiger partial charge on any atom is -0.389 e. The molecule has 0 spiro atoms. The maximum atomic E-state index is 10.3. The maximum Gasteiger partial charge on any atom is 0.153 e. The zero-order valence-electron chi connectivity index (χ0n) is 18.7. The number of aliphatic hydroxyl groups is 1. The highest BCUT2D eigenvalue weighted by atomic mass is 16.5. The molecule has 9 nitrogen and oxygen atoms in total. The van der Waals surface area contributed by atoms with Crippen molar-refractivity contribution in [3.8, 4) is 17.1 Å².